The molecule has 0 N–H and O–H groups in total. The van der Waals surface area contributed by atoms with E-state index in [1.807, 2.05) is 18.2 Å². The molecule has 0 heterocycles. The lowest BCUT2D eigenvalue weighted by Crippen LogP contribution is -1.96. The Morgan fingerprint density at radius 1 is 1.13 bits per heavy atom. The van der Waals surface area contributed by atoms with Gasteiger partial charge in [-0.05, 0) is 44.7 Å². The Morgan fingerprint density at radius 2 is 1.87 bits per heavy atom. The van der Waals surface area contributed by atoms with Crippen molar-refractivity contribution in [2.75, 3.05) is 6.61 Å². The van der Waals surface area contributed by atoms with Crippen molar-refractivity contribution >= 4 is 0 Å². The van der Waals surface area contributed by atoms with Crippen molar-refractivity contribution in [2.45, 2.75) is 32.6 Å². The maximum atomic E-state index is 5.62. The molecule has 0 aliphatic heterocycles. The summed E-state index contributed by atoms with van der Waals surface area (Å²) in [6.45, 7) is 6.61. The molecule has 1 rings (SSSR count). The molecule has 15 heavy (non-hydrogen) atoms. The molecule has 0 unspecified atom stereocenters. The second-order valence-corrected chi connectivity index (χ2v) is 3.80. The van der Waals surface area contributed by atoms with Crippen molar-refractivity contribution in [1.82, 2.24) is 0 Å². The first-order valence-electron chi connectivity index (χ1n) is 5.63. The third-order valence-corrected chi connectivity index (χ3v) is 2.34. The predicted octanol–water partition coefficient (Wildman–Crippen LogP) is 4.12. The first-order chi connectivity index (χ1) is 7.33. The van der Waals surface area contributed by atoms with Gasteiger partial charge >= 0.3 is 0 Å². The van der Waals surface area contributed by atoms with Crippen LogP contribution in [-0.4, -0.2) is 6.61 Å². The molecule has 1 aromatic carbocycles. The van der Waals surface area contributed by atoms with E-state index in [0.29, 0.717) is 0 Å². The van der Waals surface area contributed by atoms with Crippen molar-refractivity contribution in [3.8, 4) is 5.75 Å². The lowest BCUT2D eigenvalue weighted by Gasteiger charge is -2.05. The van der Waals surface area contributed by atoms with Crippen LogP contribution in [0.15, 0.2) is 36.9 Å². The number of ether oxygens (including phenoxy) is 1. The Morgan fingerprint density at radius 3 is 2.53 bits per heavy atom. The van der Waals surface area contributed by atoms with Crippen LogP contribution in [0.2, 0.25) is 0 Å². The van der Waals surface area contributed by atoms with E-state index in [-0.39, 0.29) is 0 Å². The number of aryl methyl sites for hydroxylation is 1. The van der Waals surface area contributed by atoms with Gasteiger partial charge in [-0.25, -0.2) is 0 Å². The molecule has 82 valence electrons. The van der Waals surface area contributed by atoms with Crippen molar-refractivity contribution in [3.05, 3.63) is 42.5 Å². The summed E-state index contributed by atoms with van der Waals surface area (Å²) in [5, 5.41) is 0. The minimum atomic E-state index is 0.820. The van der Waals surface area contributed by atoms with Crippen molar-refractivity contribution in [3.63, 3.8) is 0 Å². The van der Waals surface area contributed by atoms with E-state index in [2.05, 4.69) is 25.6 Å². The van der Waals surface area contributed by atoms with Crippen molar-refractivity contribution in [1.29, 1.82) is 0 Å². The van der Waals surface area contributed by atoms with E-state index < -0.39 is 0 Å². The highest BCUT2D eigenvalue weighted by Gasteiger charge is 1.93. The van der Waals surface area contributed by atoms with Gasteiger partial charge in [0.15, 0.2) is 0 Å². The largest absolute Gasteiger partial charge is 0.494 e. The molecule has 0 aromatic heterocycles. The van der Waals surface area contributed by atoms with Gasteiger partial charge < -0.3 is 4.74 Å². The molecular formula is C14H20O. The van der Waals surface area contributed by atoms with Crippen LogP contribution in [0.4, 0.5) is 0 Å². The topological polar surface area (TPSA) is 9.23 Å². The molecule has 0 amide bonds. The summed E-state index contributed by atoms with van der Waals surface area (Å²) in [6, 6.07) is 8.21. The van der Waals surface area contributed by atoms with Crippen LogP contribution in [0.1, 0.15) is 31.2 Å². The van der Waals surface area contributed by atoms with E-state index >= 15 is 0 Å². The van der Waals surface area contributed by atoms with Crippen LogP contribution in [0.5, 0.6) is 5.75 Å². The Labute approximate surface area is 92.8 Å². The summed E-state index contributed by atoms with van der Waals surface area (Å²) in [5.41, 5.74) is 1.27. The van der Waals surface area contributed by atoms with Gasteiger partial charge in [-0.15, -0.1) is 6.58 Å². The van der Waals surface area contributed by atoms with Crippen LogP contribution < -0.4 is 4.74 Å². The van der Waals surface area contributed by atoms with Gasteiger partial charge in [0.05, 0.1) is 6.61 Å². The van der Waals surface area contributed by atoms with Crippen LogP contribution in [0.3, 0.4) is 0 Å². The zero-order valence-electron chi connectivity index (χ0n) is 9.54. The molecule has 0 spiro atoms. The second-order valence-electron chi connectivity index (χ2n) is 3.80. The molecule has 1 aromatic rings. The van der Waals surface area contributed by atoms with Crippen LogP contribution in [-0.2, 0) is 0 Å². The molecule has 0 aliphatic carbocycles. The summed E-state index contributed by atoms with van der Waals surface area (Å²) >= 11 is 0. The highest BCUT2D eigenvalue weighted by Crippen LogP contribution is 2.12. The standard InChI is InChI=1S/C14H20O/c1-3-4-5-6-7-12-15-14-10-8-13(2)9-11-14/h3,8-11H,1,4-7,12H2,2H3. The van der Waals surface area contributed by atoms with Gasteiger partial charge in [0.1, 0.15) is 5.75 Å². The highest BCUT2D eigenvalue weighted by atomic mass is 16.5. The number of unbranched alkanes of at least 4 members (excludes halogenated alkanes) is 3. The SMILES string of the molecule is C=CCCCCCOc1ccc(C)cc1. The van der Waals surface area contributed by atoms with Crippen molar-refractivity contribution in [2.24, 2.45) is 0 Å². The van der Waals surface area contributed by atoms with Gasteiger partial charge in [0.25, 0.3) is 0 Å². The first kappa shape index (κ1) is 11.8. The average molecular weight is 204 g/mol. The van der Waals surface area contributed by atoms with Gasteiger partial charge in [-0.1, -0.05) is 23.8 Å². The molecular weight excluding hydrogens is 184 g/mol. The molecule has 1 heteroatoms. The monoisotopic (exact) mass is 204 g/mol. The van der Waals surface area contributed by atoms with E-state index in [1.54, 1.807) is 0 Å². The highest BCUT2D eigenvalue weighted by molar-refractivity contribution is 5.26. The maximum Gasteiger partial charge on any atom is 0.119 e. The maximum absolute atomic E-state index is 5.62. The lowest BCUT2D eigenvalue weighted by atomic mass is 10.2. The molecule has 0 atom stereocenters. The summed E-state index contributed by atoms with van der Waals surface area (Å²) in [5.74, 6) is 0.976. The van der Waals surface area contributed by atoms with Gasteiger partial charge in [-0.3, -0.25) is 0 Å². The number of hydrogen-bond donors (Lipinski definition) is 0. The fraction of sp³-hybridized carbons (Fsp3) is 0.429. The number of rotatable bonds is 7. The summed E-state index contributed by atoms with van der Waals surface area (Å²) < 4.78 is 5.62. The smallest absolute Gasteiger partial charge is 0.119 e. The van der Waals surface area contributed by atoms with E-state index in [1.165, 1.54) is 18.4 Å². The Hall–Kier alpha value is -1.24. The van der Waals surface area contributed by atoms with E-state index in [0.717, 1.165) is 25.2 Å². The minimum absolute atomic E-state index is 0.820. The number of benzene rings is 1. The fourth-order valence-corrected chi connectivity index (χ4v) is 1.39. The quantitative estimate of drug-likeness (QED) is 0.479. The summed E-state index contributed by atoms with van der Waals surface area (Å²) in [4.78, 5) is 0. The molecule has 0 bridgehead atoms. The zero-order chi connectivity index (χ0) is 10.9. The third-order valence-electron chi connectivity index (χ3n) is 2.34. The van der Waals surface area contributed by atoms with Gasteiger partial charge in [0.2, 0.25) is 0 Å². The van der Waals surface area contributed by atoms with Gasteiger partial charge in [0, 0.05) is 0 Å². The Bertz CT molecular complexity index is 274. The Balaban J connectivity index is 2.09. The molecule has 0 radical (unpaired) electrons. The third kappa shape index (κ3) is 5.26. The molecule has 1 nitrogen and oxygen atoms in total. The van der Waals surface area contributed by atoms with Gasteiger partial charge in [-0.2, -0.15) is 0 Å². The molecule has 0 aliphatic rings. The van der Waals surface area contributed by atoms with Crippen molar-refractivity contribution < 1.29 is 4.74 Å². The summed E-state index contributed by atoms with van der Waals surface area (Å²) in [7, 11) is 0. The normalized spacial score (nSPS) is 9.93. The van der Waals surface area contributed by atoms with Crippen LogP contribution >= 0.6 is 0 Å². The number of hydrogen-bond acceptors (Lipinski definition) is 1. The summed E-state index contributed by atoms with van der Waals surface area (Å²) in [6.07, 6.45) is 6.66. The molecule has 0 fully saturated rings. The van der Waals surface area contributed by atoms with Crippen LogP contribution in [0, 0.1) is 6.92 Å². The Kier molecular flexibility index (Phi) is 5.60. The fourth-order valence-electron chi connectivity index (χ4n) is 1.39. The zero-order valence-corrected chi connectivity index (χ0v) is 9.54. The average Bonchev–Trinajstić information content (AvgIpc) is 2.26. The van der Waals surface area contributed by atoms with Crippen LogP contribution in [0.25, 0.3) is 0 Å². The predicted molar refractivity (Wildman–Crippen MR) is 65.3 cm³/mol. The number of allylic oxidation sites excluding steroid dienone is 1. The minimum Gasteiger partial charge on any atom is -0.494 e. The second kappa shape index (κ2) is 7.10. The van der Waals surface area contributed by atoms with E-state index in [4.69, 9.17) is 4.74 Å². The molecule has 0 saturated carbocycles. The lowest BCUT2D eigenvalue weighted by molar-refractivity contribution is 0.305. The molecule has 0 saturated heterocycles. The van der Waals surface area contributed by atoms with E-state index in [9.17, 15) is 0 Å². The first-order valence-corrected chi connectivity index (χ1v) is 5.63.